The zero-order valence-corrected chi connectivity index (χ0v) is 33.7. The van der Waals surface area contributed by atoms with Crippen LogP contribution in [0.25, 0.3) is 10.8 Å². The van der Waals surface area contributed by atoms with Crippen molar-refractivity contribution < 1.29 is 48.6 Å². The molecule has 0 aliphatic rings. The predicted molar refractivity (Wildman–Crippen MR) is 217 cm³/mol. The maximum absolute atomic E-state index is 13.9. The van der Waals surface area contributed by atoms with E-state index in [1.54, 1.807) is 12.3 Å². The molecule has 2 rings (SSSR count). The average molecular weight is 812 g/mol. The normalized spacial score (nSPS) is 13.2. The quantitative estimate of drug-likeness (QED) is 0.0488. The number of rotatable bonds is 32. The van der Waals surface area contributed by atoms with E-state index >= 15 is 0 Å². The largest absolute Gasteiger partial charge is 0.481 e. The molecule has 58 heavy (non-hydrogen) atoms. The summed E-state index contributed by atoms with van der Waals surface area (Å²) in [4.78, 5) is 104. The molecular formula is C41H61N7O10. The van der Waals surface area contributed by atoms with Gasteiger partial charge in [0.25, 0.3) is 0 Å². The first-order valence-corrected chi connectivity index (χ1v) is 20.0. The standard InChI is InChI=1S/C41H61N7O10/c1-3-4-11-31(42)25-43-18-15-35(44-17-8-12-33(50)26-46-27(2)49)37(52)22-30(21-34(51)23-32-20-28-9-5-6-10-29(28)24-47-32)40(56)45-19-16-36(41(57)58)48-38(53)13-7-14-39(54)55/h5-6,9-10,20,24,30-31,35-36,43-44H,3-4,7-8,11-19,21-23,25-26,42H2,1-2H3,(H,45,56)(H,46,49)(H,48,53)(H,54,55)(H,57,58)/t30-,31-,35-,36+/m0/s1. The summed E-state index contributed by atoms with van der Waals surface area (Å²) in [6.45, 7) is 4.37. The van der Waals surface area contributed by atoms with Crippen molar-refractivity contribution in [2.45, 2.75) is 115 Å². The highest BCUT2D eigenvalue weighted by Gasteiger charge is 2.29. The number of aliphatic carboxylic acids is 2. The molecule has 4 atom stereocenters. The summed E-state index contributed by atoms with van der Waals surface area (Å²) in [5, 5.41) is 34.2. The molecule has 2 aromatic rings. The molecule has 9 N–H and O–H groups in total. The molecule has 320 valence electrons. The molecule has 1 aromatic carbocycles. The molecule has 3 amide bonds. The molecule has 0 radical (unpaired) electrons. The molecule has 0 saturated carbocycles. The third-order valence-electron chi connectivity index (χ3n) is 9.41. The lowest BCUT2D eigenvalue weighted by molar-refractivity contribution is -0.142. The minimum Gasteiger partial charge on any atom is -0.481 e. The minimum atomic E-state index is -1.38. The number of carboxylic acid groups (broad SMARTS) is 2. The summed E-state index contributed by atoms with van der Waals surface area (Å²) in [5.41, 5.74) is 6.70. The number of ketones is 3. The molecular weight excluding hydrogens is 750 g/mol. The topological polar surface area (TPSA) is 276 Å². The Kier molecular flexibility index (Phi) is 23.2. The second-order valence-corrected chi connectivity index (χ2v) is 14.5. The maximum atomic E-state index is 13.9. The predicted octanol–water partition coefficient (Wildman–Crippen LogP) is 1.58. The number of aromatic nitrogens is 1. The van der Waals surface area contributed by atoms with Crippen LogP contribution in [0.15, 0.2) is 36.5 Å². The highest BCUT2D eigenvalue weighted by atomic mass is 16.4. The van der Waals surface area contributed by atoms with E-state index in [4.69, 9.17) is 10.8 Å². The molecule has 0 unspecified atom stereocenters. The van der Waals surface area contributed by atoms with E-state index in [0.29, 0.717) is 38.2 Å². The first kappa shape index (κ1) is 49.0. The van der Waals surface area contributed by atoms with Crippen molar-refractivity contribution in [2.75, 3.05) is 32.7 Å². The average Bonchev–Trinajstić information content (AvgIpc) is 3.17. The number of hydrogen-bond donors (Lipinski definition) is 8. The van der Waals surface area contributed by atoms with Crippen molar-refractivity contribution in [1.29, 1.82) is 0 Å². The monoisotopic (exact) mass is 811 g/mol. The number of amides is 3. The Hall–Kier alpha value is -5.13. The lowest BCUT2D eigenvalue weighted by Crippen LogP contribution is -2.45. The summed E-state index contributed by atoms with van der Waals surface area (Å²) >= 11 is 0. The summed E-state index contributed by atoms with van der Waals surface area (Å²) in [7, 11) is 0. The van der Waals surface area contributed by atoms with Crippen LogP contribution in [-0.4, -0.2) is 113 Å². The van der Waals surface area contributed by atoms with Crippen LogP contribution in [0.4, 0.5) is 0 Å². The third kappa shape index (κ3) is 20.9. The molecule has 0 spiro atoms. The summed E-state index contributed by atoms with van der Waals surface area (Å²) in [5.74, 6) is -6.00. The number of nitrogens with zero attached hydrogens (tertiary/aromatic N) is 1. The number of nitrogens with two attached hydrogens (primary N) is 1. The van der Waals surface area contributed by atoms with Crippen molar-refractivity contribution in [3.63, 3.8) is 0 Å². The lowest BCUT2D eigenvalue weighted by Gasteiger charge is -2.22. The van der Waals surface area contributed by atoms with Crippen molar-refractivity contribution in [3.8, 4) is 0 Å². The molecule has 17 nitrogen and oxygen atoms in total. The number of nitrogens with one attached hydrogen (secondary N) is 5. The van der Waals surface area contributed by atoms with E-state index in [9.17, 15) is 43.5 Å². The number of hydrogen-bond acceptors (Lipinski definition) is 12. The van der Waals surface area contributed by atoms with Crippen LogP contribution >= 0.6 is 0 Å². The molecule has 1 heterocycles. The summed E-state index contributed by atoms with van der Waals surface area (Å²) < 4.78 is 0. The van der Waals surface area contributed by atoms with Crippen molar-refractivity contribution in [1.82, 2.24) is 31.6 Å². The lowest BCUT2D eigenvalue weighted by atomic mass is 9.90. The molecule has 0 bridgehead atoms. The highest BCUT2D eigenvalue weighted by Crippen LogP contribution is 2.18. The smallest absolute Gasteiger partial charge is 0.326 e. The second kappa shape index (κ2) is 27.5. The van der Waals surface area contributed by atoms with E-state index in [1.165, 1.54) is 6.92 Å². The van der Waals surface area contributed by atoms with Gasteiger partial charge < -0.3 is 42.5 Å². The molecule has 0 aliphatic heterocycles. The highest BCUT2D eigenvalue weighted by molar-refractivity contribution is 5.94. The van der Waals surface area contributed by atoms with Gasteiger partial charge in [-0.1, -0.05) is 44.0 Å². The van der Waals surface area contributed by atoms with Crippen LogP contribution in [0.1, 0.15) is 96.6 Å². The summed E-state index contributed by atoms with van der Waals surface area (Å²) in [6, 6.07) is 7.14. The van der Waals surface area contributed by atoms with Crippen LogP contribution in [-0.2, 0) is 44.8 Å². The number of carboxylic acids is 2. The van der Waals surface area contributed by atoms with Gasteiger partial charge in [0, 0.05) is 81.9 Å². The van der Waals surface area contributed by atoms with Gasteiger partial charge in [-0.2, -0.15) is 0 Å². The Labute approximate surface area is 339 Å². The first-order valence-electron chi connectivity index (χ1n) is 20.0. The van der Waals surface area contributed by atoms with E-state index < -0.39 is 41.8 Å². The molecule has 0 saturated heterocycles. The molecule has 1 aromatic heterocycles. The van der Waals surface area contributed by atoms with Crippen LogP contribution in [0.5, 0.6) is 0 Å². The molecule has 0 fully saturated rings. The van der Waals surface area contributed by atoms with Crippen LogP contribution in [0.3, 0.4) is 0 Å². The Morgan fingerprint density at radius 2 is 1.52 bits per heavy atom. The summed E-state index contributed by atoms with van der Waals surface area (Å²) in [6.07, 6.45) is 4.06. The van der Waals surface area contributed by atoms with Gasteiger partial charge in [-0.25, -0.2) is 4.79 Å². The zero-order chi connectivity index (χ0) is 42.9. The fourth-order valence-corrected chi connectivity index (χ4v) is 6.18. The van der Waals surface area contributed by atoms with Crippen LogP contribution in [0, 0.1) is 5.92 Å². The van der Waals surface area contributed by atoms with Gasteiger partial charge in [-0.15, -0.1) is 0 Å². The number of fused-ring (bicyclic) bond motifs is 1. The fraction of sp³-hybridized carbons (Fsp3) is 0.585. The Morgan fingerprint density at radius 3 is 2.21 bits per heavy atom. The van der Waals surface area contributed by atoms with Gasteiger partial charge in [0.05, 0.1) is 18.5 Å². The zero-order valence-electron chi connectivity index (χ0n) is 33.7. The van der Waals surface area contributed by atoms with Crippen molar-refractivity contribution >= 4 is 57.8 Å². The fourth-order valence-electron chi connectivity index (χ4n) is 6.18. The van der Waals surface area contributed by atoms with Gasteiger partial charge in [-0.05, 0) is 56.6 Å². The second-order valence-electron chi connectivity index (χ2n) is 14.5. The third-order valence-corrected chi connectivity index (χ3v) is 9.41. The van der Waals surface area contributed by atoms with Crippen molar-refractivity contribution in [2.24, 2.45) is 11.7 Å². The number of carbonyl (C=O) groups excluding carboxylic acids is 6. The van der Waals surface area contributed by atoms with Gasteiger partial charge in [-0.3, -0.25) is 38.5 Å². The van der Waals surface area contributed by atoms with E-state index in [2.05, 4.69) is 38.5 Å². The Morgan fingerprint density at radius 1 is 0.793 bits per heavy atom. The van der Waals surface area contributed by atoms with Crippen molar-refractivity contribution in [3.05, 3.63) is 42.2 Å². The Bertz CT molecular complexity index is 1690. The number of carbonyl (C=O) groups is 8. The maximum Gasteiger partial charge on any atom is 0.326 e. The number of unbranched alkanes of at least 4 members (excludes halogenated alkanes) is 1. The van der Waals surface area contributed by atoms with Gasteiger partial charge in [0.1, 0.15) is 11.8 Å². The minimum absolute atomic E-state index is 0.0256. The number of Topliss-reactive ketones (excluding diaryl/α,β-unsaturated/α-hetero) is 3. The number of pyridine rings is 1. The molecule has 17 heteroatoms. The van der Waals surface area contributed by atoms with E-state index in [0.717, 1.165) is 30.0 Å². The van der Waals surface area contributed by atoms with E-state index in [1.807, 2.05) is 24.3 Å². The van der Waals surface area contributed by atoms with Gasteiger partial charge >= 0.3 is 11.9 Å². The molecule has 0 aliphatic carbocycles. The van der Waals surface area contributed by atoms with E-state index in [-0.39, 0.29) is 93.8 Å². The SMILES string of the molecule is CCCC[C@H](N)CNCC[C@H](NCCCC(=O)CNC(C)=O)C(=O)C[C@H](CC(=O)Cc1cc2ccccc2cn1)C(=O)NCC[C@@H](NC(=O)CCCC(=O)O)C(=O)O. The van der Waals surface area contributed by atoms with Crippen LogP contribution < -0.4 is 32.3 Å². The first-order chi connectivity index (χ1) is 27.7. The number of benzene rings is 1. The van der Waals surface area contributed by atoms with Crippen LogP contribution in [0.2, 0.25) is 0 Å². The van der Waals surface area contributed by atoms with Gasteiger partial charge in [0.15, 0.2) is 11.6 Å². The van der Waals surface area contributed by atoms with Gasteiger partial charge in [0.2, 0.25) is 17.7 Å². The Balaban J connectivity index is 2.19.